The van der Waals surface area contributed by atoms with E-state index in [0.717, 1.165) is 16.7 Å². The predicted molar refractivity (Wildman–Crippen MR) is 102 cm³/mol. The monoisotopic (exact) mass is 391 g/mol. The molecule has 0 spiro atoms. The van der Waals surface area contributed by atoms with Crippen molar-refractivity contribution in [1.82, 2.24) is 15.1 Å². The number of nitrogens with one attached hydrogen (secondary N) is 1. The first-order valence-electron chi connectivity index (χ1n) is 8.17. The van der Waals surface area contributed by atoms with Crippen molar-refractivity contribution in [2.75, 3.05) is 40.8 Å². The molecule has 1 aromatic carbocycles. The van der Waals surface area contributed by atoms with Gasteiger partial charge in [0.15, 0.2) is 0 Å². The smallest absolute Gasteiger partial charge is 0.337 e. The van der Waals surface area contributed by atoms with Crippen LogP contribution in [0.1, 0.15) is 15.9 Å². The van der Waals surface area contributed by atoms with E-state index in [9.17, 15) is 19.2 Å². The van der Waals surface area contributed by atoms with E-state index in [0.29, 0.717) is 24.2 Å². The number of nitrogens with zero attached hydrogens (tertiary/aromatic N) is 2. The average Bonchev–Trinajstić information content (AvgIpc) is 2.89. The van der Waals surface area contributed by atoms with Crippen molar-refractivity contribution in [2.45, 2.75) is 0 Å². The van der Waals surface area contributed by atoms with Gasteiger partial charge in [-0.25, -0.2) is 4.79 Å². The number of amides is 3. The highest BCUT2D eigenvalue weighted by molar-refractivity contribution is 8.18. The topological polar surface area (TPSA) is 96.0 Å². The molecule has 0 saturated carbocycles. The summed E-state index contributed by atoms with van der Waals surface area (Å²) in [6.45, 7) is 0.788. The van der Waals surface area contributed by atoms with Gasteiger partial charge in [0.25, 0.3) is 11.1 Å². The van der Waals surface area contributed by atoms with Crippen LogP contribution in [0.4, 0.5) is 4.79 Å². The van der Waals surface area contributed by atoms with Crippen molar-refractivity contribution in [2.24, 2.45) is 0 Å². The summed E-state index contributed by atoms with van der Waals surface area (Å²) in [6, 6.07) is 6.43. The lowest BCUT2D eigenvalue weighted by molar-refractivity contribution is -0.129. The van der Waals surface area contributed by atoms with Crippen LogP contribution >= 0.6 is 11.8 Å². The van der Waals surface area contributed by atoms with Crippen molar-refractivity contribution >= 4 is 40.9 Å². The van der Waals surface area contributed by atoms with Gasteiger partial charge in [-0.2, -0.15) is 0 Å². The molecule has 3 amide bonds. The fourth-order valence-corrected chi connectivity index (χ4v) is 3.08. The highest BCUT2D eigenvalue weighted by Gasteiger charge is 2.36. The van der Waals surface area contributed by atoms with Crippen LogP contribution in [-0.4, -0.2) is 73.7 Å². The van der Waals surface area contributed by atoms with Gasteiger partial charge < -0.3 is 15.0 Å². The number of hydrogen-bond donors (Lipinski definition) is 1. The van der Waals surface area contributed by atoms with Gasteiger partial charge in [0.2, 0.25) is 5.91 Å². The van der Waals surface area contributed by atoms with Crippen molar-refractivity contribution in [3.05, 3.63) is 40.3 Å². The zero-order valence-electron chi connectivity index (χ0n) is 15.4. The molecular formula is C18H21N3O5S. The second-order valence-corrected chi connectivity index (χ2v) is 7.03. The quantitative estimate of drug-likeness (QED) is 0.551. The van der Waals surface area contributed by atoms with Gasteiger partial charge >= 0.3 is 5.97 Å². The van der Waals surface area contributed by atoms with Gasteiger partial charge in [0.05, 0.1) is 17.6 Å². The Morgan fingerprint density at radius 2 is 1.89 bits per heavy atom. The molecule has 1 aliphatic rings. The third-order valence-corrected chi connectivity index (χ3v) is 4.59. The van der Waals surface area contributed by atoms with E-state index in [4.69, 9.17) is 0 Å². The van der Waals surface area contributed by atoms with Crippen LogP contribution in [0.3, 0.4) is 0 Å². The molecule has 8 nitrogen and oxygen atoms in total. The standard InChI is InChI=1S/C18H21N3O5S/c1-20(2)9-8-19-15(22)11-21-16(23)14(27-18(21)25)10-12-4-6-13(7-5-12)17(24)26-3/h4-7,10H,8-9,11H2,1-3H3,(H,19,22)/b14-10+. The number of imide groups is 1. The van der Waals surface area contributed by atoms with E-state index < -0.39 is 17.1 Å². The lowest BCUT2D eigenvalue weighted by Crippen LogP contribution is -2.41. The Bertz CT molecular complexity index is 774. The maximum absolute atomic E-state index is 12.4. The van der Waals surface area contributed by atoms with E-state index in [1.165, 1.54) is 7.11 Å². The predicted octanol–water partition coefficient (Wildman–Crippen LogP) is 1.19. The van der Waals surface area contributed by atoms with Crippen LogP contribution in [0.2, 0.25) is 0 Å². The summed E-state index contributed by atoms with van der Waals surface area (Å²) in [5.74, 6) is -1.35. The minimum Gasteiger partial charge on any atom is -0.465 e. The molecule has 0 aromatic heterocycles. The number of esters is 1. The number of likely N-dealkylation sites (N-methyl/N-ethyl adjacent to an activating group) is 1. The van der Waals surface area contributed by atoms with E-state index in [1.807, 2.05) is 19.0 Å². The van der Waals surface area contributed by atoms with Gasteiger partial charge in [0.1, 0.15) is 6.54 Å². The fourth-order valence-electron chi connectivity index (χ4n) is 2.24. The van der Waals surface area contributed by atoms with E-state index >= 15 is 0 Å². The number of carbonyl (C=O) groups excluding carboxylic acids is 4. The third-order valence-electron chi connectivity index (χ3n) is 3.69. The molecule has 0 bridgehead atoms. The molecule has 144 valence electrons. The Morgan fingerprint density at radius 3 is 2.48 bits per heavy atom. The first-order chi connectivity index (χ1) is 12.8. The maximum Gasteiger partial charge on any atom is 0.337 e. The molecule has 1 aromatic rings. The van der Waals surface area contributed by atoms with E-state index in [-0.39, 0.29) is 17.4 Å². The van der Waals surface area contributed by atoms with E-state index in [2.05, 4.69) is 10.1 Å². The lowest BCUT2D eigenvalue weighted by Gasteiger charge is -2.14. The number of rotatable bonds is 7. The van der Waals surface area contributed by atoms with Crippen LogP contribution in [-0.2, 0) is 14.3 Å². The molecule has 0 atom stereocenters. The molecule has 1 heterocycles. The van der Waals surface area contributed by atoms with Crippen LogP contribution in [0.25, 0.3) is 6.08 Å². The highest BCUT2D eigenvalue weighted by Crippen LogP contribution is 2.32. The molecule has 0 unspecified atom stereocenters. The van der Waals surface area contributed by atoms with Crippen molar-refractivity contribution in [3.63, 3.8) is 0 Å². The first kappa shape index (κ1) is 20.7. The van der Waals surface area contributed by atoms with E-state index in [1.54, 1.807) is 30.3 Å². The summed E-state index contributed by atoms with van der Waals surface area (Å²) >= 11 is 0.781. The number of hydrogen-bond acceptors (Lipinski definition) is 7. The van der Waals surface area contributed by atoms with Crippen LogP contribution in [0, 0.1) is 0 Å². The van der Waals surface area contributed by atoms with Gasteiger partial charge in [-0.3, -0.25) is 19.3 Å². The Labute approximate surface area is 161 Å². The molecule has 1 saturated heterocycles. The minimum atomic E-state index is -0.509. The van der Waals surface area contributed by atoms with Crippen molar-refractivity contribution in [1.29, 1.82) is 0 Å². The number of benzene rings is 1. The fraction of sp³-hybridized carbons (Fsp3) is 0.333. The minimum absolute atomic E-state index is 0.229. The molecule has 9 heteroatoms. The van der Waals surface area contributed by atoms with Gasteiger partial charge in [-0.1, -0.05) is 12.1 Å². The molecule has 0 aliphatic carbocycles. The third kappa shape index (κ3) is 5.66. The lowest BCUT2D eigenvalue weighted by atomic mass is 10.1. The first-order valence-corrected chi connectivity index (χ1v) is 8.98. The van der Waals surface area contributed by atoms with Crippen LogP contribution in [0.5, 0.6) is 0 Å². The molecular weight excluding hydrogens is 370 g/mol. The van der Waals surface area contributed by atoms with Gasteiger partial charge in [-0.05, 0) is 49.6 Å². The molecule has 0 radical (unpaired) electrons. The second-order valence-electron chi connectivity index (χ2n) is 6.03. The Hall–Kier alpha value is -2.65. The van der Waals surface area contributed by atoms with Crippen LogP contribution in [0.15, 0.2) is 29.2 Å². The molecule has 1 aliphatic heterocycles. The zero-order chi connectivity index (χ0) is 20.0. The van der Waals surface area contributed by atoms with Crippen molar-refractivity contribution in [3.8, 4) is 0 Å². The largest absolute Gasteiger partial charge is 0.465 e. The molecule has 2 rings (SSSR count). The Balaban J connectivity index is 2.01. The molecule has 1 N–H and O–H groups in total. The second kappa shape index (κ2) is 9.33. The summed E-state index contributed by atoms with van der Waals surface area (Å²) in [5.41, 5.74) is 1.04. The highest BCUT2D eigenvalue weighted by atomic mass is 32.2. The SMILES string of the molecule is COC(=O)c1ccc(/C=C2/SC(=O)N(CC(=O)NCCN(C)C)C2=O)cc1. The average molecular weight is 391 g/mol. The van der Waals surface area contributed by atoms with Gasteiger partial charge in [-0.15, -0.1) is 0 Å². The van der Waals surface area contributed by atoms with Crippen molar-refractivity contribution < 1.29 is 23.9 Å². The number of ether oxygens (including phenoxy) is 1. The summed E-state index contributed by atoms with van der Waals surface area (Å²) in [6.07, 6.45) is 1.55. The molecule has 27 heavy (non-hydrogen) atoms. The van der Waals surface area contributed by atoms with Gasteiger partial charge in [0, 0.05) is 13.1 Å². The maximum atomic E-state index is 12.4. The Kier molecular flexibility index (Phi) is 7.14. The number of thioether (sulfide) groups is 1. The van der Waals surface area contributed by atoms with Crippen LogP contribution < -0.4 is 5.32 Å². The zero-order valence-corrected chi connectivity index (χ0v) is 16.2. The molecule has 1 fully saturated rings. The summed E-state index contributed by atoms with van der Waals surface area (Å²) in [5, 5.41) is 2.18. The number of methoxy groups -OCH3 is 1. The summed E-state index contributed by atoms with van der Waals surface area (Å²) < 4.78 is 4.63. The number of carbonyl (C=O) groups is 4. The summed E-state index contributed by atoms with van der Waals surface area (Å²) in [7, 11) is 5.05. The Morgan fingerprint density at radius 1 is 1.22 bits per heavy atom. The summed E-state index contributed by atoms with van der Waals surface area (Å²) in [4.78, 5) is 50.9. The normalized spacial score (nSPS) is 15.6.